The maximum atomic E-state index is 12.1. The van der Waals surface area contributed by atoms with E-state index in [0.29, 0.717) is 16.1 Å². The van der Waals surface area contributed by atoms with E-state index in [4.69, 9.17) is 17.3 Å². The molecule has 26 heavy (non-hydrogen) atoms. The fourth-order valence-corrected chi connectivity index (χ4v) is 3.41. The summed E-state index contributed by atoms with van der Waals surface area (Å²) in [5.74, 6) is 0.0374. The second-order valence-corrected chi connectivity index (χ2v) is 6.94. The molecule has 1 aliphatic heterocycles. The molecule has 0 bridgehead atoms. The lowest BCUT2D eigenvalue weighted by Gasteiger charge is -2.27. The number of benzene rings is 2. The maximum Gasteiger partial charge on any atom is 0.334 e. The summed E-state index contributed by atoms with van der Waals surface area (Å²) in [7, 11) is 0. The highest BCUT2D eigenvalue weighted by Crippen LogP contribution is 2.40. The average molecular weight is 430 g/mol. The van der Waals surface area contributed by atoms with Crippen LogP contribution in [-0.2, 0) is 4.79 Å². The number of halogens is 2. The molecule has 0 amide bonds. The van der Waals surface area contributed by atoms with E-state index in [0.717, 1.165) is 4.47 Å². The second-order valence-electron chi connectivity index (χ2n) is 5.58. The van der Waals surface area contributed by atoms with Gasteiger partial charge in [-0.25, -0.2) is 9.79 Å². The zero-order valence-corrected chi connectivity index (χ0v) is 15.6. The summed E-state index contributed by atoms with van der Waals surface area (Å²) in [6.07, 6.45) is 0. The van der Waals surface area contributed by atoms with Gasteiger partial charge in [0.15, 0.2) is 0 Å². The number of nitrogens with zero attached hydrogens (tertiary/aromatic N) is 2. The Hall–Kier alpha value is -2.66. The van der Waals surface area contributed by atoms with Gasteiger partial charge in [-0.05, 0) is 29.8 Å². The van der Waals surface area contributed by atoms with Crippen LogP contribution in [0.5, 0.6) is 0 Å². The summed E-state index contributed by atoms with van der Waals surface area (Å²) in [4.78, 5) is 16.3. The van der Waals surface area contributed by atoms with Crippen molar-refractivity contribution in [3.63, 3.8) is 0 Å². The summed E-state index contributed by atoms with van der Waals surface area (Å²) in [5.41, 5.74) is 7.52. The molecule has 1 heterocycles. The minimum absolute atomic E-state index is 0.00354. The highest BCUT2D eigenvalue weighted by molar-refractivity contribution is 9.10. The molecule has 1 atom stereocenters. The third kappa shape index (κ3) is 3.35. The maximum absolute atomic E-state index is 12.1. The standard InChI is InChI=1S/C19H12BrClN3O2/c20-12-3-1-2-11(8-12)15-14(9-22)18(23)24-17(16(15)19(25)26)10-4-6-13(21)7-5-10/h1-8,15H,(H2,23,24)(H,25,26)/q-1/t15-/m1/s1. The highest BCUT2D eigenvalue weighted by atomic mass is 79.9. The van der Waals surface area contributed by atoms with Gasteiger partial charge < -0.3 is 16.2 Å². The van der Waals surface area contributed by atoms with Gasteiger partial charge in [-0.3, -0.25) is 5.87 Å². The molecule has 0 unspecified atom stereocenters. The summed E-state index contributed by atoms with van der Waals surface area (Å²) in [6, 6.07) is 13.8. The van der Waals surface area contributed by atoms with Crippen molar-refractivity contribution in [3.8, 4) is 0 Å². The number of hydrogen-bond donors (Lipinski definition) is 2. The molecule has 7 heteroatoms. The van der Waals surface area contributed by atoms with Crippen molar-refractivity contribution in [2.45, 2.75) is 5.92 Å². The Balaban J connectivity index is 2.32. The van der Waals surface area contributed by atoms with E-state index >= 15 is 0 Å². The molecule has 3 rings (SSSR count). The molecule has 5 nitrogen and oxygen atoms in total. The topological polar surface area (TPSA) is 98.0 Å². The molecule has 1 aliphatic rings. The van der Waals surface area contributed by atoms with Crippen LogP contribution in [0.4, 0.5) is 0 Å². The Bertz CT molecular complexity index is 1010. The first-order chi connectivity index (χ1) is 12.4. The number of amidine groups is 1. The lowest BCUT2D eigenvalue weighted by atomic mass is 9.80. The molecule has 0 aliphatic carbocycles. The first-order valence-corrected chi connectivity index (χ1v) is 8.69. The molecule has 0 fully saturated rings. The lowest BCUT2D eigenvalue weighted by molar-refractivity contribution is -0.132. The van der Waals surface area contributed by atoms with Gasteiger partial charge in [0, 0.05) is 20.6 Å². The van der Waals surface area contributed by atoms with Crippen LogP contribution in [-0.4, -0.2) is 22.8 Å². The minimum Gasteiger partial charge on any atom is -0.763 e. The van der Waals surface area contributed by atoms with E-state index in [2.05, 4.69) is 20.9 Å². The molecule has 3 N–H and O–H groups in total. The van der Waals surface area contributed by atoms with Crippen LogP contribution in [0.1, 0.15) is 17.0 Å². The van der Waals surface area contributed by atoms with Crippen molar-refractivity contribution in [2.75, 3.05) is 0 Å². The molecule has 0 saturated carbocycles. The van der Waals surface area contributed by atoms with Crippen LogP contribution in [0.25, 0.3) is 11.1 Å². The summed E-state index contributed by atoms with van der Waals surface area (Å²) < 4.78 is 0.770. The Kier molecular flexibility index (Phi) is 5.09. The van der Waals surface area contributed by atoms with Gasteiger partial charge in [0.1, 0.15) is 5.84 Å². The molecule has 0 radical (unpaired) electrons. The quantitative estimate of drug-likeness (QED) is 0.715. The predicted octanol–water partition coefficient (Wildman–Crippen LogP) is 4.22. The van der Waals surface area contributed by atoms with E-state index < -0.39 is 11.9 Å². The van der Waals surface area contributed by atoms with Crippen molar-refractivity contribution in [1.29, 1.82) is 0 Å². The number of carboxylic acids is 1. The number of aliphatic carboxylic acids is 1. The van der Waals surface area contributed by atoms with E-state index in [1.165, 1.54) is 0 Å². The molecule has 130 valence electrons. The van der Waals surface area contributed by atoms with Gasteiger partial charge in [-0.2, -0.15) is 0 Å². The van der Waals surface area contributed by atoms with Crippen molar-refractivity contribution >= 4 is 50.9 Å². The summed E-state index contributed by atoms with van der Waals surface area (Å²) in [5, 5.41) is 20.0. The minimum atomic E-state index is -1.16. The Labute approximate surface area is 163 Å². The summed E-state index contributed by atoms with van der Waals surface area (Å²) >= 11 is 9.30. The number of carbonyl (C=O) groups is 1. The molecular formula is C19H12BrClN3O2-. The molecule has 0 saturated heterocycles. The van der Waals surface area contributed by atoms with Gasteiger partial charge in [-0.1, -0.05) is 51.8 Å². The third-order valence-electron chi connectivity index (χ3n) is 3.99. The third-order valence-corrected chi connectivity index (χ3v) is 4.74. The van der Waals surface area contributed by atoms with Crippen LogP contribution in [0.15, 0.2) is 69.1 Å². The highest BCUT2D eigenvalue weighted by Gasteiger charge is 2.34. The molecule has 0 spiro atoms. The van der Waals surface area contributed by atoms with Crippen molar-refractivity contribution in [1.82, 2.24) is 0 Å². The zero-order chi connectivity index (χ0) is 18.8. The smallest absolute Gasteiger partial charge is 0.334 e. The Morgan fingerprint density at radius 1 is 1.27 bits per heavy atom. The number of aliphatic imine (C=N–C) groups is 1. The first-order valence-electron chi connectivity index (χ1n) is 7.52. The van der Waals surface area contributed by atoms with Gasteiger partial charge in [-0.15, -0.1) is 0 Å². The monoisotopic (exact) mass is 428 g/mol. The lowest BCUT2D eigenvalue weighted by Crippen LogP contribution is -2.28. The average Bonchev–Trinajstić information content (AvgIpc) is 2.61. The van der Waals surface area contributed by atoms with Gasteiger partial charge in [0.2, 0.25) is 0 Å². The predicted molar refractivity (Wildman–Crippen MR) is 106 cm³/mol. The van der Waals surface area contributed by atoms with Crippen molar-refractivity contribution in [2.24, 2.45) is 10.7 Å². The Morgan fingerprint density at radius 2 is 1.96 bits per heavy atom. The normalized spacial score (nSPS) is 16.9. The van der Waals surface area contributed by atoms with Gasteiger partial charge in [0.25, 0.3) is 0 Å². The van der Waals surface area contributed by atoms with Gasteiger partial charge >= 0.3 is 5.97 Å². The summed E-state index contributed by atoms with van der Waals surface area (Å²) in [6.45, 7) is 0. The van der Waals surface area contributed by atoms with Crippen molar-refractivity contribution < 1.29 is 9.90 Å². The van der Waals surface area contributed by atoms with Crippen LogP contribution in [0.3, 0.4) is 0 Å². The van der Waals surface area contributed by atoms with Crippen LogP contribution >= 0.6 is 27.5 Å². The zero-order valence-electron chi connectivity index (χ0n) is 13.3. The molecule has 2 aromatic rings. The Morgan fingerprint density at radius 3 is 2.54 bits per heavy atom. The second kappa shape index (κ2) is 7.30. The van der Waals surface area contributed by atoms with E-state index in [1.807, 2.05) is 11.9 Å². The molecule has 0 aromatic heterocycles. The number of carboxylic acid groups (broad SMARTS) is 1. The number of hydrogen-bond acceptors (Lipinski definition) is 3. The van der Waals surface area contributed by atoms with Gasteiger partial charge in [0.05, 0.1) is 17.2 Å². The van der Waals surface area contributed by atoms with Crippen LogP contribution in [0, 0.1) is 0 Å². The van der Waals surface area contributed by atoms with Crippen LogP contribution < -0.4 is 5.73 Å². The van der Waals surface area contributed by atoms with E-state index in [-0.39, 0.29) is 22.7 Å². The first kappa shape index (κ1) is 18.1. The number of nitrogens with two attached hydrogens (primary N) is 1. The van der Waals surface area contributed by atoms with Crippen LogP contribution in [0.2, 0.25) is 5.02 Å². The van der Waals surface area contributed by atoms with Crippen molar-refractivity contribution in [3.05, 3.63) is 85.7 Å². The largest absolute Gasteiger partial charge is 0.763 e. The molecule has 2 aromatic carbocycles. The molecular weight excluding hydrogens is 418 g/mol. The van der Waals surface area contributed by atoms with E-state index in [9.17, 15) is 15.3 Å². The van der Waals surface area contributed by atoms with E-state index in [1.54, 1.807) is 42.5 Å². The fourth-order valence-electron chi connectivity index (χ4n) is 2.86. The fraction of sp³-hybridized carbons (Fsp3) is 0.0526. The SMILES string of the molecule is [N-]=C=C1C(N)=NC(c2ccc(Cl)cc2)=C(C(=O)O)[C@@H]1c1cccc(Br)c1. The number of rotatable bonds is 3.